The molecule has 2 nitrogen and oxygen atoms in total. The molecule has 0 saturated heterocycles. The van der Waals surface area contributed by atoms with Crippen LogP contribution in [0.1, 0.15) is 13.8 Å². The van der Waals surface area contributed by atoms with Gasteiger partial charge in [0, 0.05) is 11.3 Å². The van der Waals surface area contributed by atoms with Crippen molar-refractivity contribution in [3.63, 3.8) is 0 Å². The fourth-order valence-electron chi connectivity index (χ4n) is 3.38. The molecule has 3 rings (SSSR count). The van der Waals surface area contributed by atoms with Gasteiger partial charge in [-0.2, -0.15) is 0 Å². The summed E-state index contributed by atoms with van der Waals surface area (Å²) < 4.78 is 0. The van der Waals surface area contributed by atoms with Crippen LogP contribution >= 0.6 is 0 Å². The molecule has 0 amide bonds. The highest BCUT2D eigenvalue weighted by atomic mass is 16.3. The van der Waals surface area contributed by atoms with E-state index in [1.54, 1.807) is 6.08 Å². The van der Waals surface area contributed by atoms with E-state index in [0.29, 0.717) is 11.8 Å². The molecule has 4 unspecified atom stereocenters. The van der Waals surface area contributed by atoms with Crippen molar-refractivity contribution < 1.29 is 9.90 Å². The highest BCUT2D eigenvalue weighted by Gasteiger charge is 2.92. The first-order chi connectivity index (χ1) is 5.51. The molecule has 0 aromatic rings. The smallest absolute Gasteiger partial charge is 0.159 e. The first-order valence-electron chi connectivity index (χ1n) is 4.45. The van der Waals surface area contributed by atoms with Crippen LogP contribution in [0.25, 0.3) is 0 Å². The van der Waals surface area contributed by atoms with Gasteiger partial charge in [-0.3, -0.25) is 4.79 Å². The summed E-state index contributed by atoms with van der Waals surface area (Å²) in [6.45, 7) is 3.65. The molecule has 2 heteroatoms. The molecule has 0 radical (unpaired) electrons. The van der Waals surface area contributed by atoms with Crippen molar-refractivity contribution in [3.8, 4) is 0 Å². The Labute approximate surface area is 71.3 Å². The van der Waals surface area contributed by atoms with Gasteiger partial charge >= 0.3 is 0 Å². The number of fused-ring (bicyclic) bond motifs is 2. The minimum absolute atomic E-state index is 0.0428. The van der Waals surface area contributed by atoms with Gasteiger partial charge in [0.25, 0.3) is 0 Å². The number of rotatable bonds is 1. The molecule has 0 aliphatic heterocycles. The van der Waals surface area contributed by atoms with E-state index in [1.165, 1.54) is 0 Å². The third-order valence-corrected chi connectivity index (χ3v) is 3.98. The zero-order valence-electron chi connectivity index (χ0n) is 7.24. The Morgan fingerprint density at radius 2 is 2.25 bits per heavy atom. The molecule has 3 aliphatic rings. The molecule has 0 aromatic heterocycles. The Bertz CT molecular complexity index is 310. The average molecular weight is 164 g/mol. The van der Waals surface area contributed by atoms with Crippen molar-refractivity contribution in [2.75, 3.05) is 0 Å². The van der Waals surface area contributed by atoms with Crippen molar-refractivity contribution in [2.24, 2.45) is 23.2 Å². The number of carbonyl (C=O) groups excluding carboxylic acids is 1. The van der Waals surface area contributed by atoms with E-state index in [1.807, 2.05) is 19.9 Å². The average Bonchev–Trinajstić information content (AvgIpc) is 2.68. The molecular weight excluding hydrogens is 152 g/mol. The molecule has 0 heterocycles. The third kappa shape index (κ3) is 0.424. The zero-order valence-corrected chi connectivity index (χ0v) is 7.24. The summed E-state index contributed by atoms with van der Waals surface area (Å²) in [6, 6.07) is 0. The Morgan fingerprint density at radius 1 is 1.58 bits per heavy atom. The van der Waals surface area contributed by atoms with E-state index >= 15 is 0 Å². The highest BCUT2D eigenvalue weighted by Crippen LogP contribution is 2.89. The molecule has 2 fully saturated rings. The molecule has 12 heavy (non-hydrogen) atoms. The minimum Gasteiger partial charge on any atom is -0.390 e. The first-order valence-corrected chi connectivity index (χ1v) is 4.45. The molecule has 0 bridgehead atoms. The number of hydrogen-bond donors (Lipinski definition) is 1. The van der Waals surface area contributed by atoms with Crippen LogP contribution in [-0.4, -0.2) is 16.5 Å². The molecule has 4 atom stereocenters. The SMILES string of the molecule is CC(C)(O)C12C3C=CC(=O)C1C32. The summed E-state index contributed by atoms with van der Waals surface area (Å²) in [7, 11) is 0. The summed E-state index contributed by atoms with van der Waals surface area (Å²) in [5.41, 5.74) is -0.716. The van der Waals surface area contributed by atoms with Gasteiger partial charge in [-0.25, -0.2) is 0 Å². The van der Waals surface area contributed by atoms with Crippen LogP contribution in [0.5, 0.6) is 0 Å². The Hall–Kier alpha value is -0.630. The minimum atomic E-state index is -0.673. The van der Waals surface area contributed by atoms with E-state index in [-0.39, 0.29) is 17.1 Å². The lowest BCUT2D eigenvalue weighted by Gasteiger charge is -2.29. The van der Waals surface area contributed by atoms with Gasteiger partial charge in [-0.1, -0.05) is 6.08 Å². The largest absolute Gasteiger partial charge is 0.390 e. The lowest BCUT2D eigenvalue weighted by Crippen LogP contribution is -2.36. The van der Waals surface area contributed by atoms with E-state index in [0.717, 1.165) is 0 Å². The lowest BCUT2D eigenvalue weighted by molar-refractivity contribution is -0.120. The van der Waals surface area contributed by atoms with Gasteiger partial charge in [0.05, 0.1) is 5.60 Å². The van der Waals surface area contributed by atoms with Gasteiger partial charge < -0.3 is 5.11 Å². The van der Waals surface area contributed by atoms with Crippen LogP contribution in [0, 0.1) is 23.2 Å². The second kappa shape index (κ2) is 1.41. The fraction of sp³-hybridized carbons (Fsp3) is 0.700. The quantitative estimate of drug-likeness (QED) is 0.621. The molecular formula is C10H12O2. The zero-order chi connectivity index (χ0) is 8.72. The van der Waals surface area contributed by atoms with Crippen LogP contribution in [0.15, 0.2) is 12.2 Å². The van der Waals surface area contributed by atoms with E-state index in [2.05, 4.69) is 0 Å². The van der Waals surface area contributed by atoms with Crippen molar-refractivity contribution in [1.82, 2.24) is 0 Å². The van der Waals surface area contributed by atoms with Crippen LogP contribution in [0.2, 0.25) is 0 Å². The first kappa shape index (κ1) is 6.84. The van der Waals surface area contributed by atoms with Crippen LogP contribution in [0.3, 0.4) is 0 Å². The normalized spacial score (nSPS) is 53.6. The molecule has 0 aromatic carbocycles. The molecule has 0 spiro atoms. The monoisotopic (exact) mass is 164 g/mol. The Balaban J connectivity index is 2.03. The Morgan fingerprint density at radius 3 is 2.58 bits per heavy atom. The van der Waals surface area contributed by atoms with Crippen molar-refractivity contribution in [1.29, 1.82) is 0 Å². The topological polar surface area (TPSA) is 37.3 Å². The summed E-state index contributed by atoms with van der Waals surface area (Å²) >= 11 is 0. The van der Waals surface area contributed by atoms with Gasteiger partial charge in [-0.05, 0) is 31.8 Å². The number of ketones is 1. The van der Waals surface area contributed by atoms with Gasteiger partial charge in [0.2, 0.25) is 0 Å². The summed E-state index contributed by atoms with van der Waals surface area (Å²) in [5.74, 6) is 1.37. The maximum absolute atomic E-state index is 11.3. The number of aliphatic hydroxyl groups is 1. The Kier molecular flexibility index (Phi) is 0.806. The summed E-state index contributed by atoms with van der Waals surface area (Å²) in [4.78, 5) is 11.3. The van der Waals surface area contributed by atoms with Crippen molar-refractivity contribution in [3.05, 3.63) is 12.2 Å². The molecule has 3 aliphatic carbocycles. The third-order valence-electron chi connectivity index (χ3n) is 3.98. The predicted molar refractivity (Wildman–Crippen MR) is 43.3 cm³/mol. The maximum Gasteiger partial charge on any atom is 0.159 e. The van der Waals surface area contributed by atoms with E-state index < -0.39 is 5.60 Å². The lowest BCUT2D eigenvalue weighted by atomic mass is 9.79. The van der Waals surface area contributed by atoms with Crippen molar-refractivity contribution in [2.45, 2.75) is 19.4 Å². The molecule has 1 N–H and O–H groups in total. The molecule has 64 valence electrons. The highest BCUT2D eigenvalue weighted by molar-refractivity contribution is 6.00. The van der Waals surface area contributed by atoms with E-state index in [4.69, 9.17) is 0 Å². The van der Waals surface area contributed by atoms with Crippen LogP contribution in [-0.2, 0) is 4.79 Å². The molecule has 2 saturated carbocycles. The maximum atomic E-state index is 11.3. The number of hydrogen-bond acceptors (Lipinski definition) is 2. The number of carbonyl (C=O) groups is 1. The summed E-state index contributed by atoms with van der Waals surface area (Å²) in [6.07, 6.45) is 3.66. The second-order valence-corrected chi connectivity index (χ2v) is 4.78. The van der Waals surface area contributed by atoms with Gasteiger partial charge in [0.1, 0.15) is 0 Å². The van der Waals surface area contributed by atoms with Crippen molar-refractivity contribution >= 4 is 5.78 Å². The number of allylic oxidation sites excluding steroid dienone is 2. The van der Waals surface area contributed by atoms with E-state index in [9.17, 15) is 9.90 Å². The predicted octanol–water partition coefficient (Wildman–Crippen LogP) is 0.758. The van der Waals surface area contributed by atoms with Crippen LogP contribution in [0.4, 0.5) is 0 Å². The fourth-order valence-corrected chi connectivity index (χ4v) is 3.38. The van der Waals surface area contributed by atoms with Gasteiger partial charge in [0.15, 0.2) is 5.78 Å². The van der Waals surface area contributed by atoms with Crippen LogP contribution < -0.4 is 0 Å². The summed E-state index contributed by atoms with van der Waals surface area (Å²) in [5, 5.41) is 9.90. The second-order valence-electron chi connectivity index (χ2n) is 4.78. The standard InChI is InChI=1S/C10H12O2/c1-9(2,12)10-5-3-4-6(11)8(10)7(5)10/h3-5,7-8,12H,1-2H3. The van der Waals surface area contributed by atoms with Gasteiger partial charge in [-0.15, -0.1) is 0 Å².